The van der Waals surface area contributed by atoms with E-state index in [0.29, 0.717) is 24.8 Å². The van der Waals surface area contributed by atoms with Crippen molar-refractivity contribution in [2.75, 3.05) is 6.61 Å². The number of imide groups is 1. The number of carbonyl (C=O) groups excluding carboxylic acids is 4. The Morgan fingerprint density at radius 2 is 1.52 bits per heavy atom. The lowest BCUT2D eigenvalue weighted by molar-refractivity contribution is -0.158. The first-order valence-electron chi connectivity index (χ1n) is 10.9. The molecule has 1 aromatic rings. The number of aryl methyl sites for hydroxylation is 3. The Hall–Kier alpha value is -2.76. The van der Waals surface area contributed by atoms with Crippen molar-refractivity contribution in [2.24, 2.45) is 17.8 Å². The fourth-order valence-electron chi connectivity index (χ4n) is 4.46. The lowest BCUT2D eigenvalue weighted by atomic mass is 9.85. The van der Waals surface area contributed by atoms with E-state index in [-0.39, 0.29) is 23.5 Å². The first kappa shape index (κ1) is 22.9. The highest BCUT2D eigenvalue weighted by Gasteiger charge is 2.51. The number of amides is 2. The normalized spacial score (nSPS) is 21.4. The van der Waals surface area contributed by atoms with Crippen molar-refractivity contribution in [2.45, 2.75) is 59.9 Å². The Morgan fingerprint density at radius 3 is 2.06 bits per heavy atom. The number of ether oxygens (including phenoxy) is 1. The average molecular weight is 426 g/mol. The number of likely N-dealkylation sites (tertiary alicyclic amines) is 1. The van der Waals surface area contributed by atoms with Gasteiger partial charge in [0, 0.05) is 5.56 Å². The van der Waals surface area contributed by atoms with Gasteiger partial charge in [-0.3, -0.25) is 19.3 Å². The third-order valence-corrected chi connectivity index (χ3v) is 6.31. The molecule has 2 amide bonds. The van der Waals surface area contributed by atoms with Gasteiger partial charge in [0.15, 0.2) is 6.61 Å². The third kappa shape index (κ3) is 4.63. The number of ketones is 1. The number of hydrogen-bond donors (Lipinski definition) is 0. The number of rotatable bonds is 7. The molecular weight excluding hydrogens is 394 g/mol. The van der Waals surface area contributed by atoms with Gasteiger partial charge in [0.25, 0.3) is 0 Å². The SMILES string of the molecule is Cc1cc(C)c(C(=O)COC(=O)C(CC(C)C)N2C(=O)C3CC=CCC3C2=O)cc1C. The molecule has 6 heteroatoms. The van der Waals surface area contributed by atoms with Gasteiger partial charge in [-0.1, -0.05) is 32.1 Å². The maximum Gasteiger partial charge on any atom is 0.329 e. The number of Topliss-reactive ketones (excluding diaryl/α,β-unsaturated/α-hetero) is 1. The lowest BCUT2D eigenvalue weighted by Gasteiger charge is -2.26. The average Bonchev–Trinajstić information content (AvgIpc) is 2.97. The zero-order valence-corrected chi connectivity index (χ0v) is 18.9. The molecule has 3 atom stereocenters. The predicted molar refractivity (Wildman–Crippen MR) is 116 cm³/mol. The maximum atomic E-state index is 13.0. The minimum Gasteiger partial charge on any atom is -0.456 e. The summed E-state index contributed by atoms with van der Waals surface area (Å²) in [4.78, 5) is 52.7. The van der Waals surface area contributed by atoms with Gasteiger partial charge in [0.1, 0.15) is 6.04 Å². The smallest absolute Gasteiger partial charge is 0.329 e. The van der Waals surface area contributed by atoms with Crippen LogP contribution < -0.4 is 0 Å². The minimum absolute atomic E-state index is 0.0663. The van der Waals surface area contributed by atoms with Crippen LogP contribution in [0.1, 0.15) is 60.2 Å². The van der Waals surface area contributed by atoms with Crippen LogP contribution in [-0.4, -0.2) is 41.1 Å². The second-order valence-corrected chi connectivity index (χ2v) is 9.13. The first-order chi connectivity index (χ1) is 14.6. The molecule has 0 bridgehead atoms. The summed E-state index contributed by atoms with van der Waals surface area (Å²) in [6.45, 7) is 9.17. The second kappa shape index (κ2) is 9.16. The molecule has 3 rings (SSSR count). The van der Waals surface area contributed by atoms with E-state index in [9.17, 15) is 19.2 Å². The van der Waals surface area contributed by atoms with Crippen molar-refractivity contribution in [3.8, 4) is 0 Å². The summed E-state index contributed by atoms with van der Waals surface area (Å²) >= 11 is 0. The number of allylic oxidation sites excluding steroid dienone is 2. The van der Waals surface area contributed by atoms with E-state index >= 15 is 0 Å². The molecule has 1 saturated heterocycles. The number of hydrogen-bond acceptors (Lipinski definition) is 5. The van der Waals surface area contributed by atoms with Gasteiger partial charge < -0.3 is 4.74 Å². The van der Waals surface area contributed by atoms with Crippen LogP contribution in [0.5, 0.6) is 0 Å². The summed E-state index contributed by atoms with van der Waals surface area (Å²) < 4.78 is 5.36. The number of nitrogens with zero attached hydrogens (tertiary/aromatic N) is 1. The van der Waals surface area contributed by atoms with Gasteiger partial charge in [0.2, 0.25) is 17.6 Å². The summed E-state index contributed by atoms with van der Waals surface area (Å²) in [6, 6.07) is 2.74. The van der Waals surface area contributed by atoms with Crippen LogP contribution in [0.2, 0.25) is 0 Å². The van der Waals surface area contributed by atoms with Crippen molar-refractivity contribution in [1.29, 1.82) is 0 Å². The Bertz CT molecular complexity index is 919. The molecule has 1 heterocycles. The fourth-order valence-corrected chi connectivity index (χ4v) is 4.46. The molecule has 31 heavy (non-hydrogen) atoms. The maximum absolute atomic E-state index is 13.0. The van der Waals surface area contributed by atoms with Crippen LogP contribution in [0.3, 0.4) is 0 Å². The quantitative estimate of drug-likeness (QED) is 0.288. The molecule has 0 spiro atoms. The van der Waals surface area contributed by atoms with E-state index in [4.69, 9.17) is 4.74 Å². The minimum atomic E-state index is -1.00. The van der Waals surface area contributed by atoms with Crippen LogP contribution in [0.4, 0.5) is 0 Å². The molecule has 166 valence electrons. The van der Waals surface area contributed by atoms with E-state index in [2.05, 4.69) is 0 Å². The molecule has 1 fully saturated rings. The molecule has 1 aliphatic carbocycles. The van der Waals surface area contributed by atoms with E-state index in [0.717, 1.165) is 21.6 Å². The molecule has 0 radical (unpaired) electrons. The standard InChI is InChI=1S/C25H31NO5/c1-14(2)10-21(26-23(28)18-8-6-7-9-19(18)24(26)29)25(30)31-13-22(27)20-12-16(4)15(3)11-17(20)5/h6-7,11-12,14,18-19,21H,8-10,13H2,1-5H3. The lowest BCUT2D eigenvalue weighted by Crippen LogP contribution is -2.47. The van der Waals surface area contributed by atoms with E-state index in [1.54, 1.807) is 6.07 Å². The zero-order valence-electron chi connectivity index (χ0n) is 18.9. The van der Waals surface area contributed by atoms with Crippen molar-refractivity contribution in [3.05, 3.63) is 46.5 Å². The largest absolute Gasteiger partial charge is 0.456 e. The molecule has 0 saturated carbocycles. The van der Waals surface area contributed by atoms with Crippen molar-refractivity contribution in [3.63, 3.8) is 0 Å². The molecule has 1 aliphatic heterocycles. The van der Waals surface area contributed by atoms with Crippen LogP contribution in [0.15, 0.2) is 24.3 Å². The molecule has 2 aliphatic rings. The summed E-state index contributed by atoms with van der Waals surface area (Å²) in [6.07, 6.45) is 5.16. The highest BCUT2D eigenvalue weighted by atomic mass is 16.5. The second-order valence-electron chi connectivity index (χ2n) is 9.13. The van der Waals surface area contributed by atoms with Gasteiger partial charge in [-0.15, -0.1) is 0 Å². The Morgan fingerprint density at radius 1 is 0.968 bits per heavy atom. The number of benzene rings is 1. The number of carbonyl (C=O) groups is 4. The van der Waals surface area contributed by atoms with E-state index in [1.165, 1.54) is 0 Å². The molecule has 6 nitrogen and oxygen atoms in total. The summed E-state index contributed by atoms with van der Waals surface area (Å²) in [5.74, 6) is -2.35. The van der Waals surface area contributed by atoms with Gasteiger partial charge in [-0.2, -0.15) is 0 Å². The third-order valence-electron chi connectivity index (χ3n) is 6.31. The molecule has 1 aromatic carbocycles. The number of fused-ring (bicyclic) bond motifs is 1. The topological polar surface area (TPSA) is 80.8 Å². The van der Waals surface area contributed by atoms with Gasteiger partial charge in [0.05, 0.1) is 11.8 Å². The highest BCUT2D eigenvalue weighted by Crippen LogP contribution is 2.37. The number of esters is 1. The molecule has 0 aromatic heterocycles. The zero-order chi connectivity index (χ0) is 22.9. The Balaban J connectivity index is 1.75. The Labute approximate surface area is 183 Å². The van der Waals surface area contributed by atoms with Crippen LogP contribution >= 0.6 is 0 Å². The van der Waals surface area contributed by atoms with Crippen molar-refractivity contribution in [1.82, 2.24) is 4.90 Å². The Kier molecular flexibility index (Phi) is 6.77. The van der Waals surface area contributed by atoms with Crippen molar-refractivity contribution >= 4 is 23.6 Å². The van der Waals surface area contributed by atoms with E-state index in [1.807, 2.05) is 52.8 Å². The van der Waals surface area contributed by atoms with Gasteiger partial charge >= 0.3 is 5.97 Å². The van der Waals surface area contributed by atoms with Crippen LogP contribution in [0, 0.1) is 38.5 Å². The van der Waals surface area contributed by atoms with Crippen LogP contribution in [0.25, 0.3) is 0 Å². The van der Waals surface area contributed by atoms with Gasteiger partial charge in [-0.05, 0) is 68.7 Å². The molecule has 3 unspecified atom stereocenters. The highest BCUT2D eigenvalue weighted by molar-refractivity contribution is 6.08. The monoisotopic (exact) mass is 425 g/mol. The molecular formula is C25H31NO5. The van der Waals surface area contributed by atoms with Crippen molar-refractivity contribution < 1.29 is 23.9 Å². The summed E-state index contributed by atoms with van der Waals surface area (Å²) in [7, 11) is 0. The first-order valence-corrected chi connectivity index (χ1v) is 10.9. The van der Waals surface area contributed by atoms with Crippen LogP contribution in [-0.2, 0) is 19.1 Å². The molecule has 0 N–H and O–H groups in total. The summed E-state index contributed by atoms with van der Waals surface area (Å²) in [5.41, 5.74) is 3.42. The summed E-state index contributed by atoms with van der Waals surface area (Å²) in [5, 5.41) is 0. The predicted octanol–water partition coefficient (Wildman–Crippen LogP) is 3.70. The van der Waals surface area contributed by atoms with E-state index < -0.39 is 30.5 Å². The fraction of sp³-hybridized carbons (Fsp3) is 0.520. The van der Waals surface area contributed by atoms with Gasteiger partial charge in [-0.25, -0.2) is 4.79 Å².